The van der Waals surface area contributed by atoms with Crippen LogP contribution in [0.3, 0.4) is 0 Å². The second-order valence-electron chi connectivity index (χ2n) is 2.32. The van der Waals surface area contributed by atoms with Crippen molar-refractivity contribution in [3.8, 4) is 6.07 Å². The standard InChI is InChI=1S/C7H10N2.ClH/c8-5-6-3-1-2-4-7(6)9;/h1-4,9H2;1H. The number of allylic oxidation sites excluding steroid dienone is 2. The third-order valence-electron chi connectivity index (χ3n) is 1.65. The minimum absolute atomic E-state index is 0. The summed E-state index contributed by atoms with van der Waals surface area (Å²) in [6.45, 7) is 0. The normalized spacial score (nSPS) is 17.5. The molecule has 0 amide bonds. The first-order chi connectivity index (χ1) is 4.34. The van der Waals surface area contributed by atoms with E-state index >= 15 is 0 Å². The molecule has 0 spiro atoms. The van der Waals surface area contributed by atoms with Crippen molar-refractivity contribution in [2.75, 3.05) is 0 Å². The van der Waals surface area contributed by atoms with E-state index in [-0.39, 0.29) is 12.4 Å². The van der Waals surface area contributed by atoms with E-state index < -0.39 is 0 Å². The molecule has 0 aliphatic heterocycles. The monoisotopic (exact) mass is 158 g/mol. The summed E-state index contributed by atoms with van der Waals surface area (Å²) in [5.74, 6) is 0. The Morgan fingerprint density at radius 3 is 2.30 bits per heavy atom. The lowest BCUT2D eigenvalue weighted by atomic mass is 9.98. The molecule has 0 unspecified atom stereocenters. The Balaban J connectivity index is 0.000000810. The van der Waals surface area contributed by atoms with E-state index in [2.05, 4.69) is 6.07 Å². The van der Waals surface area contributed by atoms with Crippen molar-refractivity contribution in [3.05, 3.63) is 11.3 Å². The molecule has 0 aromatic heterocycles. The van der Waals surface area contributed by atoms with Gasteiger partial charge >= 0.3 is 0 Å². The number of hydrogen-bond donors (Lipinski definition) is 1. The summed E-state index contributed by atoms with van der Waals surface area (Å²) in [4.78, 5) is 0. The molecule has 1 rings (SSSR count). The summed E-state index contributed by atoms with van der Waals surface area (Å²) < 4.78 is 0. The van der Waals surface area contributed by atoms with Gasteiger partial charge in [0.05, 0.1) is 6.07 Å². The van der Waals surface area contributed by atoms with E-state index in [0.29, 0.717) is 0 Å². The molecule has 0 saturated heterocycles. The van der Waals surface area contributed by atoms with Crippen molar-refractivity contribution in [2.45, 2.75) is 25.7 Å². The SMILES string of the molecule is Cl.N#CC1=C(N)CCCC1. The third-order valence-corrected chi connectivity index (χ3v) is 1.65. The molecule has 0 saturated carbocycles. The third kappa shape index (κ3) is 1.93. The Kier molecular flexibility index (Phi) is 3.90. The molecular formula is C7H11ClN2. The van der Waals surface area contributed by atoms with Gasteiger partial charge in [-0.25, -0.2) is 0 Å². The van der Waals surface area contributed by atoms with Crippen LogP contribution >= 0.6 is 12.4 Å². The van der Waals surface area contributed by atoms with E-state index in [1.165, 1.54) is 0 Å². The van der Waals surface area contributed by atoms with Crippen LogP contribution in [0.5, 0.6) is 0 Å². The van der Waals surface area contributed by atoms with Crippen LogP contribution in [0.25, 0.3) is 0 Å². The quantitative estimate of drug-likeness (QED) is 0.584. The van der Waals surface area contributed by atoms with Crippen LogP contribution in [0.15, 0.2) is 11.3 Å². The van der Waals surface area contributed by atoms with Crippen molar-refractivity contribution in [1.29, 1.82) is 5.26 Å². The van der Waals surface area contributed by atoms with Gasteiger partial charge in [0.2, 0.25) is 0 Å². The summed E-state index contributed by atoms with van der Waals surface area (Å²) >= 11 is 0. The molecule has 0 heterocycles. The van der Waals surface area contributed by atoms with E-state index in [9.17, 15) is 0 Å². The summed E-state index contributed by atoms with van der Waals surface area (Å²) in [5.41, 5.74) is 7.16. The highest BCUT2D eigenvalue weighted by Gasteiger charge is 2.07. The fourth-order valence-corrected chi connectivity index (χ4v) is 1.06. The van der Waals surface area contributed by atoms with E-state index in [1.807, 2.05) is 0 Å². The van der Waals surface area contributed by atoms with E-state index in [0.717, 1.165) is 37.0 Å². The van der Waals surface area contributed by atoms with Gasteiger partial charge in [-0.1, -0.05) is 0 Å². The van der Waals surface area contributed by atoms with Crippen LogP contribution in [0.2, 0.25) is 0 Å². The van der Waals surface area contributed by atoms with Crippen molar-refractivity contribution in [1.82, 2.24) is 0 Å². The highest BCUT2D eigenvalue weighted by molar-refractivity contribution is 5.85. The molecule has 1 aliphatic rings. The van der Waals surface area contributed by atoms with Gasteiger partial charge in [-0.15, -0.1) is 12.4 Å². The Morgan fingerprint density at radius 2 is 1.90 bits per heavy atom. The molecule has 2 N–H and O–H groups in total. The predicted molar refractivity (Wildman–Crippen MR) is 42.5 cm³/mol. The Labute approximate surface area is 67.1 Å². The molecule has 56 valence electrons. The second-order valence-corrected chi connectivity index (χ2v) is 2.32. The molecule has 2 nitrogen and oxygen atoms in total. The summed E-state index contributed by atoms with van der Waals surface area (Å²) in [5, 5.41) is 8.47. The maximum Gasteiger partial charge on any atom is 0.0965 e. The first-order valence-corrected chi connectivity index (χ1v) is 3.22. The zero-order valence-corrected chi connectivity index (χ0v) is 6.58. The molecule has 0 fully saturated rings. The number of hydrogen-bond acceptors (Lipinski definition) is 2. The number of nitrogens with two attached hydrogens (primary N) is 1. The molecule has 1 aliphatic carbocycles. The van der Waals surface area contributed by atoms with Gasteiger partial charge in [0, 0.05) is 11.3 Å². The van der Waals surface area contributed by atoms with Gasteiger partial charge in [-0.3, -0.25) is 0 Å². The molecule has 0 radical (unpaired) electrons. The van der Waals surface area contributed by atoms with Crippen molar-refractivity contribution in [3.63, 3.8) is 0 Å². The second kappa shape index (κ2) is 4.19. The lowest BCUT2D eigenvalue weighted by Gasteiger charge is -2.10. The van der Waals surface area contributed by atoms with Crippen LogP contribution in [0.1, 0.15) is 25.7 Å². The molecule has 0 atom stereocenters. The van der Waals surface area contributed by atoms with Crippen molar-refractivity contribution in [2.24, 2.45) is 5.73 Å². The van der Waals surface area contributed by atoms with Gasteiger partial charge < -0.3 is 5.73 Å². The summed E-state index contributed by atoms with van der Waals surface area (Å²) in [7, 11) is 0. The topological polar surface area (TPSA) is 49.8 Å². The molecular weight excluding hydrogens is 148 g/mol. The van der Waals surface area contributed by atoms with E-state index in [1.54, 1.807) is 0 Å². The fourth-order valence-electron chi connectivity index (χ4n) is 1.06. The number of halogens is 1. The molecule has 0 aromatic rings. The Bertz CT molecular complexity index is 179. The van der Waals surface area contributed by atoms with Crippen LogP contribution in [0.4, 0.5) is 0 Å². The lowest BCUT2D eigenvalue weighted by molar-refractivity contribution is 0.679. The maximum atomic E-state index is 8.47. The van der Waals surface area contributed by atoms with Crippen LogP contribution in [-0.2, 0) is 0 Å². The first kappa shape index (κ1) is 9.32. The van der Waals surface area contributed by atoms with Crippen molar-refractivity contribution >= 4 is 12.4 Å². The van der Waals surface area contributed by atoms with Gasteiger partial charge in [-0.2, -0.15) is 5.26 Å². The zero-order chi connectivity index (χ0) is 6.69. The average Bonchev–Trinajstić information content (AvgIpc) is 1.89. The van der Waals surface area contributed by atoms with Crippen LogP contribution in [0, 0.1) is 11.3 Å². The Morgan fingerprint density at radius 1 is 1.30 bits per heavy atom. The first-order valence-electron chi connectivity index (χ1n) is 3.22. The largest absolute Gasteiger partial charge is 0.401 e. The van der Waals surface area contributed by atoms with Gasteiger partial charge in [0.1, 0.15) is 0 Å². The summed E-state index contributed by atoms with van der Waals surface area (Å²) in [6.07, 6.45) is 4.09. The van der Waals surface area contributed by atoms with Gasteiger partial charge in [-0.05, 0) is 25.7 Å². The van der Waals surface area contributed by atoms with Crippen LogP contribution < -0.4 is 5.73 Å². The van der Waals surface area contributed by atoms with Crippen LogP contribution in [-0.4, -0.2) is 0 Å². The van der Waals surface area contributed by atoms with Gasteiger partial charge in [0.25, 0.3) is 0 Å². The minimum atomic E-state index is 0. The Hall–Kier alpha value is -0.680. The lowest BCUT2D eigenvalue weighted by Crippen LogP contribution is -2.06. The minimum Gasteiger partial charge on any atom is -0.401 e. The van der Waals surface area contributed by atoms with Gasteiger partial charge in [0.15, 0.2) is 0 Å². The molecule has 0 aromatic carbocycles. The number of nitrogens with zero attached hydrogens (tertiary/aromatic N) is 1. The predicted octanol–water partition coefficient (Wildman–Crippen LogP) is 1.72. The van der Waals surface area contributed by atoms with E-state index in [4.69, 9.17) is 11.0 Å². The highest BCUT2D eigenvalue weighted by atomic mass is 35.5. The molecule has 0 bridgehead atoms. The maximum absolute atomic E-state index is 8.47. The zero-order valence-electron chi connectivity index (χ0n) is 5.76. The fraction of sp³-hybridized carbons (Fsp3) is 0.571. The molecule has 10 heavy (non-hydrogen) atoms. The number of nitriles is 1. The summed E-state index contributed by atoms with van der Waals surface area (Å²) in [6, 6.07) is 2.11. The average molecular weight is 159 g/mol. The molecule has 3 heteroatoms. The van der Waals surface area contributed by atoms with Crippen molar-refractivity contribution < 1.29 is 0 Å². The highest BCUT2D eigenvalue weighted by Crippen LogP contribution is 2.19. The number of rotatable bonds is 0. The smallest absolute Gasteiger partial charge is 0.0965 e.